The first kappa shape index (κ1) is 18.8. The van der Waals surface area contributed by atoms with Crippen molar-refractivity contribution in [3.8, 4) is 11.5 Å². The summed E-state index contributed by atoms with van der Waals surface area (Å²) in [6.45, 7) is 2.31. The van der Waals surface area contributed by atoms with Gasteiger partial charge in [-0.25, -0.2) is 4.79 Å². The Hall–Kier alpha value is -1.95. The van der Waals surface area contributed by atoms with Gasteiger partial charge in [-0.15, -0.1) is 0 Å². The van der Waals surface area contributed by atoms with Crippen LogP contribution in [0.2, 0.25) is 0 Å². The van der Waals surface area contributed by atoms with Crippen LogP contribution in [-0.2, 0) is 11.2 Å². The smallest absolute Gasteiger partial charge is 0.410 e. The second kappa shape index (κ2) is 8.16. The Labute approximate surface area is 156 Å². The maximum atomic E-state index is 12.5. The molecule has 1 fully saturated rings. The summed E-state index contributed by atoms with van der Waals surface area (Å²) in [5.74, 6) is 1.56. The van der Waals surface area contributed by atoms with Crippen LogP contribution in [0.3, 0.4) is 0 Å². The average molecular weight is 362 g/mol. The topological polar surface area (TPSA) is 51.2 Å². The third-order valence-electron chi connectivity index (χ3n) is 5.56. The first-order valence-corrected chi connectivity index (χ1v) is 9.42. The molecule has 1 aromatic carbocycles. The molecule has 0 spiro atoms. The highest BCUT2D eigenvalue weighted by atomic mass is 16.7. The number of carbonyl (C=O) groups excluding carboxylic acids is 1. The minimum Gasteiger partial charge on any atom is -0.454 e. The summed E-state index contributed by atoms with van der Waals surface area (Å²) in [5, 5.41) is 0. The van der Waals surface area contributed by atoms with Gasteiger partial charge in [-0.05, 0) is 70.8 Å². The van der Waals surface area contributed by atoms with Crippen LogP contribution in [0, 0.1) is 0 Å². The molecule has 1 aliphatic carbocycles. The van der Waals surface area contributed by atoms with E-state index in [4.69, 9.17) is 14.2 Å². The number of rotatable bonds is 5. The van der Waals surface area contributed by atoms with Gasteiger partial charge in [0.25, 0.3) is 0 Å². The molecule has 0 saturated heterocycles. The molecule has 1 aromatic rings. The maximum Gasteiger partial charge on any atom is 0.410 e. The van der Waals surface area contributed by atoms with Crippen LogP contribution in [0.15, 0.2) is 18.2 Å². The van der Waals surface area contributed by atoms with Crippen molar-refractivity contribution in [1.82, 2.24) is 9.80 Å². The Balaban J connectivity index is 1.48. The number of likely N-dealkylation sites (N-methyl/N-ethyl adjacent to an activating group) is 1. The van der Waals surface area contributed by atoms with Crippen molar-refractivity contribution in [3.05, 3.63) is 23.8 Å². The van der Waals surface area contributed by atoms with E-state index in [1.54, 1.807) is 4.90 Å². The van der Waals surface area contributed by atoms with Crippen LogP contribution >= 0.6 is 0 Å². The third kappa shape index (κ3) is 4.41. The van der Waals surface area contributed by atoms with E-state index in [1.807, 2.05) is 32.2 Å². The number of hydrogen-bond donors (Lipinski definition) is 0. The first-order chi connectivity index (χ1) is 12.4. The van der Waals surface area contributed by atoms with Crippen molar-refractivity contribution >= 4 is 6.09 Å². The van der Waals surface area contributed by atoms with Crippen LogP contribution in [-0.4, -0.2) is 62.0 Å². The highest BCUT2D eigenvalue weighted by Crippen LogP contribution is 2.33. The van der Waals surface area contributed by atoms with Gasteiger partial charge in [-0.2, -0.15) is 0 Å². The highest BCUT2D eigenvalue weighted by Gasteiger charge is 2.27. The fraction of sp³-hybridized carbons (Fsp3) is 0.650. The summed E-state index contributed by atoms with van der Waals surface area (Å²) >= 11 is 0. The molecule has 0 N–H and O–H groups in total. The zero-order chi connectivity index (χ0) is 18.7. The highest BCUT2D eigenvalue weighted by molar-refractivity contribution is 5.68. The summed E-state index contributed by atoms with van der Waals surface area (Å²) in [6.07, 6.45) is 4.61. The van der Waals surface area contributed by atoms with Crippen molar-refractivity contribution in [3.63, 3.8) is 0 Å². The Morgan fingerprint density at radius 2 is 1.85 bits per heavy atom. The lowest BCUT2D eigenvalue weighted by Gasteiger charge is -2.33. The van der Waals surface area contributed by atoms with Crippen LogP contribution in [0.25, 0.3) is 0 Å². The van der Waals surface area contributed by atoms with Crippen LogP contribution in [0.4, 0.5) is 4.79 Å². The number of benzene rings is 1. The van der Waals surface area contributed by atoms with E-state index in [1.165, 1.54) is 0 Å². The molecule has 1 heterocycles. The second-order valence-electron chi connectivity index (χ2n) is 7.63. The Morgan fingerprint density at radius 1 is 1.15 bits per heavy atom. The zero-order valence-electron chi connectivity index (χ0n) is 16.2. The van der Waals surface area contributed by atoms with Crippen LogP contribution in [0.1, 0.15) is 38.2 Å². The van der Waals surface area contributed by atoms with Gasteiger partial charge in [0.05, 0.1) is 0 Å². The fourth-order valence-electron chi connectivity index (χ4n) is 3.63. The van der Waals surface area contributed by atoms with Crippen LogP contribution < -0.4 is 9.47 Å². The van der Waals surface area contributed by atoms with E-state index >= 15 is 0 Å². The van der Waals surface area contributed by atoms with Crippen molar-refractivity contribution in [2.45, 2.75) is 57.2 Å². The fourth-order valence-corrected chi connectivity index (χ4v) is 3.63. The number of ether oxygens (including phenoxy) is 3. The van der Waals surface area contributed by atoms with E-state index in [9.17, 15) is 4.79 Å². The molecule has 1 saturated carbocycles. The van der Waals surface area contributed by atoms with Gasteiger partial charge < -0.3 is 24.0 Å². The molecule has 6 heteroatoms. The quantitative estimate of drug-likeness (QED) is 0.804. The largest absolute Gasteiger partial charge is 0.454 e. The minimum absolute atomic E-state index is 0.0406. The van der Waals surface area contributed by atoms with E-state index in [-0.39, 0.29) is 25.0 Å². The lowest BCUT2D eigenvalue weighted by Crippen LogP contribution is -2.40. The molecule has 1 aliphatic heterocycles. The van der Waals surface area contributed by atoms with Gasteiger partial charge in [0.15, 0.2) is 11.5 Å². The first-order valence-electron chi connectivity index (χ1n) is 9.42. The number of fused-ring (bicyclic) bond motifs is 1. The number of amides is 1. The van der Waals surface area contributed by atoms with E-state index in [0.29, 0.717) is 6.04 Å². The molecular weight excluding hydrogens is 332 g/mol. The number of carbonyl (C=O) groups is 1. The predicted molar refractivity (Wildman–Crippen MR) is 99.7 cm³/mol. The third-order valence-corrected chi connectivity index (χ3v) is 5.56. The molecule has 0 radical (unpaired) electrons. The number of nitrogens with zero attached hydrogens (tertiary/aromatic N) is 2. The SMILES string of the molecule is CC(Cc1ccc2c(c1)OCO2)N(C)C(=O)OC1CCC(N(C)C)CC1. The van der Waals surface area contributed by atoms with E-state index in [0.717, 1.165) is 49.2 Å². The van der Waals surface area contributed by atoms with Crippen molar-refractivity contribution < 1.29 is 19.0 Å². The molecule has 1 atom stereocenters. The maximum absolute atomic E-state index is 12.5. The molecule has 1 unspecified atom stereocenters. The molecule has 144 valence electrons. The van der Waals surface area contributed by atoms with E-state index < -0.39 is 0 Å². The van der Waals surface area contributed by atoms with Crippen molar-refractivity contribution in [2.24, 2.45) is 0 Å². The molecule has 2 aliphatic rings. The molecule has 1 amide bonds. The average Bonchev–Trinajstić information content (AvgIpc) is 3.09. The summed E-state index contributed by atoms with van der Waals surface area (Å²) < 4.78 is 16.5. The molecule has 0 bridgehead atoms. The summed E-state index contributed by atoms with van der Waals surface area (Å²) in [6, 6.07) is 6.58. The normalized spacial score (nSPS) is 23.0. The number of hydrogen-bond acceptors (Lipinski definition) is 5. The van der Waals surface area contributed by atoms with Gasteiger partial charge in [0, 0.05) is 19.1 Å². The molecular formula is C20H30N2O4. The monoisotopic (exact) mass is 362 g/mol. The molecule has 6 nitrogen and oxygen atoms in total. The summed E-state index contributed by atoms with van der Waals surface area (Å²) in [4.78, 5) is 16.5. The Bertz CT molecular complexity index is 626. The van der Waals surface area contributed by atoms with Crippen molar-refractivity contribution in [1.29, 1.82) is 0 Å². The van der Waals surface area contributed by atoms with Crippen molar-refractivity contribution in [2.75, 3.05) is 27.9 Å². The van der Waals surface area contributed by atoms with E-state index in [2.05, 4.69) is 19.0 Å². The molecule has 3 rings (SSSR count). The molecule has 26 heavy (non-hydrogen) atoms. The minimum atomic E-state index is -0.230. The Kier molecular flexibility index (Phi) is 5.91. The second-order valence-corrected chi connectivity index (χ2v) is 7.63. The zero-order valence-corrected chi connectivity index (χ0v) is 16.2. The van der Waals surface area contributed by atoms with Gasteiger partial charge in [-0.1, -0.05) is 6.07 Å². The summed E-state index contributed by atoms with van der Waals surface area (Å²) in [5.41, 5.74) is 1.12. The molecule has 0 aromatic heterocycles. The van der Waals surface area contributed by atoms with Gasteiger partial charge in [0.1, 0.15) is 6.10 Å². The Morgan fingerprint density at radius 3 is 2.54 bits per heavy atom. The van der Waals surface area contributed by atoms with Gasteiger partial charge in [-0.3, -0.25) is 0 Å². The standard InChI is InChI=1S/C20H30N2O4/c1-14(11-15-5-10-18-19(12-15)25-13-24-18)22(4)20(23)26-17-8-6-16(7-9-17)21(2)3/h5,10,12,14,16-17H,6-9,11,13H2,1-4H3. The lowest BCUT2D eigenvalue weighted by atomic mass is 9.92. The van der Waals surface area contributed by atoms with Gasteiger partial charge in [0.2, 0.25) is 6.79 Å². The summed E-state index contributed by atoms with van der Waals surface area (Å²) in [7, 11) is 6.04. The van der Waals surface area contributed by atoms with Crippen LogP contribution in [0.5, 0.6) is 11.5 Å². The van der Waals surface area contributed by atoms with Gasteiger partial charge >= 0.3 is 6.09 Å². The lowest BCUT2D eigenvalue weighted by molar-refractivity contribution is 0.0320. The predicted octanol–water partition coefficient (Wildman–Crippen LogP) is 3.29.